The Morgan fingerprint density at radius 2 is 2.11 bits per heavy atom. The van der Waals surface area contributed by atoms with E-state index in [9.17, 15) is 14.9 Å². The summed E-state index contributed by atoms with van der Waals surface area (Å²) in [6.45, 7) is 3.38. The minimum Gasteiger partial charge on any atom is -0.479 e. The molecule has 1 aromatic rings. The highest BCUT2D eigenvalue weighted by Gasteiger charge is 2.21. The first kappa shape index (κ1) is 14.9. The van der Waals surface area contributed by atoms with Crippen LogP contribution in [-0.4, -0.2) is 28.6 Å². The van der Waals surface area contributed by atoms with Crippen molar-refractivity contribution in [2.24, 2.45) is 5.73 Å². The summed E-state index contributed by atoms with van der Waals surface area (Å²) >= 11 is 0. The van der Waals surface area contributed by atoms with E-state index >= 15 is 0 Å². The van der Waals surface area contributed by atoms with Gasteiger partial charge in [-0.15, -0.1) is 0 Å². The van der Waals surface area contributed by atoms with Crippen molar-refractivity contribution in [1.82, 2.24) is 0 Å². The first-order chi connectivity index (χ1) is 8.86. The van der Waals surface area contributed by atoms with Gasteiger partial charge in [-0.1, -0.05) is 0 Å². The number of carboxylic acids is 1. The number of aliphatic carboxylic acids is 1. The molecule has 0 aliphatic rings. The van der Waals surface area contributed by atoms with E-state index < -0.39 is 17.0 Å². The third-order valence-corrected chi connectivity index (χ3v) is 2.66. The standard InChI is InChI=1S/C12H16N2O5/c1-7-6-11(8(2)5-9(7)14(17)18)19-10(3-4-13)12(15)16/h5-6,10H,3-4,13H2,1-2H3,(H,15,16). The first-order valence-electron chi connectivity index (χ1n) is 5.72. The van der Waals surface area contributed by atoms with Crippen molar-refractivity contribution in [2.75, 3.05) is 6.54 Å². The summed E-state index contributed by atoms with van der Waals surface area (Å²) in [6, 6.07) is 2.84. The number of ether oxygens (including phenoxy) is 1. The van der Waals surface area contributed by atoms with E-state index in [0.29, 0.717) is 16.9 Å². The molecular weight excluding hydrogens is 252 g/mol. The summed E-state index contributed by atoms with van der Waals surface area (Å²) in [6.07, 6.45) is -0.880. The van der Waals surface area contributed by atoms with Crippen molar-refractivity contribution in [3.8, 4) is 5.75 Å². The van der Waals surface area contributed by atoms with Crippen LogP contribution >= 0.6 is 0 Å². The summed E-state index contributed by atoms with van der Waals surface area (Å²) in [7, 11) is 0. The smallest absolute Gasteiger partial charge is 0.344 e. The maximum atomic E-state index is 11.0. The molecule has 0 aliphatic heterocycles. The van der Waals surface area contributed by atoms with E-state index in [-0.39, 0.29) is 18.7 Å². The molecule has 19 heavy (non-hydrogen) atoms. The number of aryl methyl sites for hydroxylation is 2. The van der Waals surface area contributed by atoms with Gasteiger partial charge in [-0.3, -0.25) is 10.1 Å². The van der Waals surface area contributed by atoms with Crippen molar-refractivity contribution in [1.29, 1.82) is 0 Å². The first-order valence-corrected chi connectivity index (χ1v) is 5.72. The van der Waals surface area contributed by atoms with E-state index in [1.807, 2.05) is 0 Å². The Morgan fingerprint density at radius 1 is 1.47 bits per heavy atom. The normalized spacial score (nSPS) is 11.9. The number of rotatable bonds is 6. The molecule has 104 valence electrons. The molecule has 0 aliphatic carbocycles. The van der Waals surface area contributed by atoms with E-state index in [1.54, 1.807) is 13.8 Å². The highest BCUT2D eigenvalue weighted by molar-refractivity contribution is 5.72. The molecule has 1 atom stereocenters. The molecule has 1 aromatic carbocycles. The van der Waals surface area contributed by atoms with E-state index in [0.717, 1.165) is 0 Å². The second kappa shape index (κ2) is 6.14. The number of benzene rings is 1. The average molecular weight is 268 g/mol. The number of nitrogens with two attached hydrogens (primary N) is 1. The van der Waals surface area contributed by atoms with Gasteiger partial charge in [0.05, 0.1) is 4.92 Å². The fraction of sp³-hybridized carbons (Fsp3) is 0.417. The molecule has 0 radical (unpaired) electrons. The fourth-order valence-electron chi connectivity index (χ4n) is 1.64. The summed E-state index contributed by atoms with van der Waals surface area (Å²) in [5.41, 5.74) is 6.24. The number of nitro benzene ring substituents is 1. The zero-order valence-electron chi connectivity index (χ0n) is 10.8. The predicted octanol–water partition coefficient (Wildman–Crippen LogP) is 1.39. The van der Waals surface area contributed by atoms with Crippen LogP contribution in [0.25, 0.3) is 0 Å². The molecular formula is C12H16N2O5. The monoisotopic (exact) mass is 268 g/mol. The van der Waals surface area contributed by atoms with Crippen molar-refractivity contribution in [3.05, 3.63) is 33.4 Å². The molecule has 0 spiro atoms. The van der Waals surface area contributed by atoms with E-state index in [4.69, 9.17) is 15.6 Å². The second-order valence-electron chi connectivity index (χ2n) is 4.18. The number of hydrogen-bond acceptors (Lipinski definition) is 5. The minimum atomic E-state index is -1.11. The molecule has 0 saturated heterocycles. The van der Waals surface area contributed by atoms with Gasteiger partial charge in [0.15, 0.2) is 6.10 Å². The molecule has 7 nitrogen and oxygen atoms in total. The van der Waals surface area contributed by atoms with Crippen LogP contribution in [-0.2, 0) is 4.79 Å². The Morgan fingerprint density at radius 3 is 2.58 bits per heavy atom. The lowest BCUT2D eigenvalue weighted by Gasteiger charge is -2.16. The van der Waals surface area contributed by atoms with Gasteiger partial charge in [-0.25, -0.2) is 4.79 Å². The molecule has 0 aromatic heterocycles. The zero-order chi connectivity index (χ0) is 14.6. The van der Waals surface area contributed by atoms with Crippen LogP contribution in [0.3, 0.4) is 0 Å². The lowest BCUT2D eigenvalue weighted by molar-refractivity contribution is -0.385. The molecule has 0 saturated carbocycles. The number of carbonyl (C=O) groups is 1. The lowest BCUT2D eigenvalue weighted by Crippen LogP contribution is -2.29. The Balaban J connectivity index is 3.04. The van der Waals surface area contributed by atoms with Gasteiger partial charge in [0, 0.05) is 18.1 Å². The molecule has 7 heteroatoms. The number of nitrogens with zero attached hydrogens (tertiary/aromatic N) is 1. The van der Waals surface area contributed by atoms with Crippen LogP contribution in [0.2, 0.25) is 0 Å². The van der Waals surface area contributed by atoms with Gasteiger partial charge in [-0.2, -0.15) is 0 Å². The summed E-state index contributed by atoms with van der Waals surface area (Å²) in [5.74, 6) is -0.787. The third-order valence-electron chi connectivity index (χ3n) is 2.66. The van der Waals surface area contributed by atoms with E-state index in [1.165, 1.54) is 12.1 Å². The average Bonchev–Trinajstić information content (AvgIpc) is 2.32. The Kier molecular flexibility index (Phi) is 4.82. The molecule has 1 unspecified atom stereocenters. The molecule has 1 rings (SSSR count). The van der Waals surface area contributed by atoms with Crippen molar-refractivity contribution in [2.45, 2.75) is 26.4 Å². The Bertz CT molecular complexity index is 501. The number of carboxylic acid groups (broad SMARTS) is 1. The SMILES string of the molecule is Cc1cc([N+](=O)[O-])c(C)cc1OC(CCN)C(=O)O. The topological polar surface area (TPSA) is 116 Å². The van der Waals surface area contributed by atoms with Gasteiger partial charge in [0.2, 0.25) is 0 Å². The highest BCUT2D eigenvalue weighted by atomic mass is 16.6. The fourth-order valence-corrected chi connectivity index (χ4v) is 1.64. The summed E-state index contributed by atoms with van der Waals surface area (Å²) in [4.78, 5) is 21.3. The highest BCUT2D eigenvalue weighted by Crippen LogP contribution is 2.28. The zero-order valence-corrected chi connectivity index (χ0v) is 10.8. The minimum absolute atomic E-state index is 0.0180. The van der Waals surface area contributed by atoms with Gasteiger partial charge in [-0.05, 0) is 32.0 Å². The van der Waals surface area contributed by atoms with Crippen LogP contribution in [0, 0.1) is 24.0 Å². The molecule has 0 heterocycles. The lowest BCUT2D eigenvalue weighted by atomic mass is 10.1. The summed E-state index contributed by atoms with van der Waals surface area (Å²) in [5, 5.41) is 19.8. The van der Waals surface area contributed by atoms with Crippen LogP contribution in [0.4, 0.5) is 5.69 Å². The molecule has 0 bridgehead atoms. The molecule has 0 amide bonds. The number of hydrogen-bond donors (Lipinski definition) is 2. The van der Waals surface area contributed by atoms with E-state index in [2.05, 4.69) is 0 Å². The third kappa shape index (κ3) is 3.65. The van der Waals surface area contributed by atoms with Crippen LogP contribution in [0.1, 0.15) is 17.5 Å². The molecule has 0 fully saturated rings. The Hall–Kier alpha value is -2.15. The Labute approximate surface area is 110 Å². The second-order valence-corrected chi connectivity index (χ2v) is 4.18. The largest absolute Gasteiger partial charge is 0.479 e. The maximum Gasteiger partial charge on any atom is 0.344 e. The maximum absolute atomic E-state index is 11.0. The van der Waals surface area contributed by atoms with Crippen LogP contribution < -0.4 is 10.5 Å². The van der Waals surface area contributed by atoms with Crippen LogP contribution in [0.15, 0.2) is 12.1 Å². The van der Waals surface area contributed by atoms with Crippen molar-refractivity contribution >= 4 is 11.7 Å². The van der Waals surface area contributed by atoms with Gasteiger partial charge >= 0.3 is 5.97 Å². The molecule has 3 N–H and O–H groups in total. The van der Waals surface area contributed by atoms with Gasteiger partial charge in [0.1, 0.15) is 5.75 Å². The van der Waals surface area contributed by atoms with Crippen LogP contribution in [0.5, 0.6) is 5.75 Å². The quantitative estimate of drug-likeness (QED) is 0.595. The predicted molar refractivity (Wildman–Crippen MR) is 68.3 cm³/mol. The van der Waals surface area contributed by atoms with Crippen molar-refractivity contribution in [3.63, 3.8) is 0 Å². The van der Waals surface area contributed by atoms with Gasteiger partial charge in [0.25, 0.3) is 5.69 Å². The van der Waals surface area contributed by atoms with Gasteiger partial charge < -0.3 is 15.6 Å². The summed E-state index contributed by atoms with van der Waals surface area (Å²) < 4.78 is 5.36. The van der Waals surface area contributed by atoms with Crippen molar-refractivity contribution < 1.29 is 19.6 Å². The number of nitro groups is 1.